The number of methoxy groups -OCH3 is 1. The number of ether oxygens (including phenoxy) is 2. The minimum Gasteiger partial charge on any atom is -0.486 e. The lowest BCUT2D eigenvalue weighted by molar-refractivity contribution is -0.140. The summed E-state index contributed by atoms with van der Waals surface area (Å²) >= 11 is 0. The van der Waals surface area contributed by atoms with E-state index in [0.29, 0.717) is 16.9 Å². The Kier molecular flexibility index (Phi) is 12.3. The van der Waals surface area contributed by atoms with Gasteiger partial charge in [-0.25, -0.2) is 0 Å². The molecule has 0 aliphatic heterocycles. The van der Waals surface area contributed by atoms with E-state index in [4.69, 9.17) is 4.74 Å². The van der Waals surface area contributed by atoms with Crippen LogP contribution >= 0.6 is 0 Å². The van der Waals surface area contributed by atoms with E-state index in [-0.39, 0.29) is 30.9 Å². The maximum absolute atomic E-state index is 12.9. The number of esters is 1. The summed E-state index contributed by atoms with van der Waals surface area (Å²) < 4.78 is 49.7. The van der Waals surface area contributed by atoms with Gasteiger partial charge in [-0.3, -0.25) is 9.59 Å². The molecule has 0 fully saturated rings. The van der Waals surface area contributed by atoms with Crippen molar-refractivity contribution in [3.8, 4) is 16.9 Å². The van der Waals surface area contributed by atoms with Gasteiger partial charge in [-0.05, 0) is 65.9 Å². The van der Waals surface area contributed by atoms with Gasteiger partial charge < -0.3 is 14.8 Å². The predicted octanol–water partition coefficient (Wildman–Crippen LogP) is 8.54. The predicted molar refractivity (Wildman–Crippen MR) is 154 cm³/mol. The third-order valence-electron chi connectivity index (χ3n) is 6.89. The quantitative estimate of drug-likeness (QED) is 0.147. The first-order chi connectivity index (χ1) is 19.7. The van der Waals surface area contributed by atoms with E-state index in [9.17, 15) is 22.8 Å². The molecule has 1 amide bonds. The van der Waals surface area contributed by atoms with Gasteiger partial charge in [0.2, 0.25) is 0 Å². The normalized spacial score (nSPS) is 12.0. The number of nitrogens with one attached hydrogen (secondary N) is 1. The molecule has 5 nitrogen and oxygen atoms in total. The molecule has 220 valence electrons. The molecule has 0 heterocycles. The third-order valence-corrected chi connectivity index (χ3v) is 6.89. The van der Waals surface area contributed by atoms with Crippen LogP contribution in [0.5, 0.6) is 5.75 Å². The van der Waals surface area contributed by atoms with Crippen molar-refractivity contribution in [1.29, 1.82) is 0 Å². The van der Waals surface area contributed by atoms with Crippen LogP contribution in [-0.2, 0) is 15.7 Å². The van der Waals surface area contributed by atoms with Crippen LogP contribution in [0, 0.1) is 0 Å². The highest BCUT2D eigenvalue weighted by Crippen LogP contribution is 2.32. The largest absolute Gasteiger partial charge is 0.486 e. The number of hydrogen-bond acceptors (Lipinski definition) is 4. The van der Waals surface area contributed by atoms with Gasteiger partial charge in [0.25, 0.3) is 5.91 Å². The summed E-state index contributed by atoms with van der Waals surface area (Å²) in [6.07, 6.45) is 3.22. The van der Waals surface area contributed by atoms with Crippen LogP contribution in [-0.4, -0.2) is 25.5 Å². The van der Waals surface area contributed by atoms with Gasteiger partial charge in [0.15, 0.2) is 0 Å². The molecule has 0 aliphatic rings. The highest BCUT2D eigenvalue weighted by Gasteiger charge is 2.30. The fraction of sp³-hybridized carbons (Fsp3) is 0.394. The van der Waals surface area contributed by atoms with Crippen molar-refractivity contribution in [2.24, 2.45) is 0 Å². The Morgan fingerprint density at radius 3 is 1.98 bits per heavy atom. The van der Waals surface area contributed by atoms with E-state index >= 15 is 0 Å². The van der Waals surface area contributed by atoms with Crippen molar-refractivity contribution in [3.63, 3.8) is 0 Å². The Balaban J connectivity index is 1.68. The summed E-state index contributed by atoms with van der Waals surface area (Å²) in [5.41, 5.74) is 2.23. The van der Waals surface area contributed by atoms with E-state index in [1.165, 1.54) is 44.9 Å². The third kappa shape index (κ3) is 10.3. The summed E-state index contributed by atoms with van der Waals surface area (Å²) in [5, 5.41) is 2.71. The minimum atomic E-state index is -4.37. The number of benzene rings is 3. The first kappa shape index (κ1) is 31.7. The summed E-state index contributed by atoms with van der Waals surface area (Å²) in [6.45, 7) is 2.38. The second-order valence-electron chi connectivity index (χ2n) is 9.97. The average Bonchev–Trinajstić information content (AvgIpc) is 2.98. The highest BCUT2D eigenvalue weighted by molar-refractivity contribution is 5.94. The molecule has 1 unspecified atom stereocenters. The number of rotatable bonds is 15. The molecule has 0 aliphatic carbocycles. The molecule has 0 saturated heterocycles. The minimum absolute atomic E-state index is 0.103. The topological polar surface area (TPSA) is 64.6 Å². The maximum atomic E-state index is 12.9. The van der Waals surface area contributed by atoms with Gasteiger partial charge in [-0.2, -0.15) is 13.2 Å². The maximum Gasteiger partial charge on any atom is 0.416 e. The molecule has 3 aromatic carbocycles. The Hall–Kier alpha value is -3.81. The molecule has 0 radical (unpaired) electrons. The average molecular weight is 570 g/mol. The van der Waals surface area contributed by atoms with Crippen LogP contribution in [0.1, 0.15) is 85.9 Å². The van der Waals surface area contributed by atoms with Crippen LogP contribution in [0.2, 0.25) is 0 Å². The molecule has 0 aromatic heterocycles. The lowest BCUT2D eigenvalue weighted by Crippen LogP contribution is -2.26. The number of hydrogen-bond donors (Lipinski definition) is 1. The van der Waals surface area contributed by atoms with Crippen LogP contribution in [0.15, 0.2) is 72.8 Å². The summed E-state index contributed by atoms with van der Waals surface area (Å²) in [6, 6.07) is 19.7. The first-order valence-electron chi connectivity index (χ1n) is 14.1. The summed E-state index contributed by atoms with van der Waals surface area (Å²) in [5.74, 6) is -0.00306. The molecular weight excluding hydrogens is 531 g/mol. The van der Waals surface area contributed by atoms with E-state index in [1.54, 1.807) is 12.1 Å². The Labute approximate surface area is 240 Å². The van der Waals surface area contributed by atoms with Crippen molar-refractivity contribution in [3.05, 3.63) is 89.5 Å². The van der Waals surface area contributed by atoms with Gasteiger partial charge in [0, 0.05) is 12.1 Å². The van der Waals surface area contributed by atoms with E-state index < -0.39 is 11.7 Å². The summed E-state index contributed by atoms with van der Waals surface area (Å²) in [4.78, 5) is 23.7. The fourth-order valence-corrected chi connectivity index (χ4v) is 4.48. The standard InChI is InChI=1S/C33H38F3NO4/c1-3-4-5-6-7-8-9-30(26-10-12-27(13-11-26)32(39)37-23-22-31(38)40-2)41-29-20-16-25(17-21-29)24-14-18-28(19-15-24)33(34,35)36/h10-21,30H,3-9,22-23H2,1-2H3,(H,37,39). The molecule has 0 bridgehead atoms. The number of amides is 1. The molecule has 8 heteroatoms. The van der Waals surface area contributed by atoms with Crippen molar-refractivity contribution >= 4 is 11.9 Å². The van der Waals surface area contributed by atoms with Crippen molar-refractivity contribution in [2.75, 3.05) is 13.7 Å². The highest BCUT2D eigenvalue weighted by atomic mass is 19.4. The van der Waals surface area contributed by atoms with Crippen molar-refractivity contribution in [1.82, 2.24) is 5.32 Å². The Bertz CT molecular complexity index is 1220. The van der Waals surface area contributed by atoms with Gasteiger partial charge in [-0.15, -0.1) is 0 Å². The number of carbonyl (C=O) groups excluding carboxylic acids is 2. The monoisotopic (exact) mass is 569 g/mol. The number of alkyl halides is 3. The molecule has 1 N–H and O–H groups in total. The molecule has 0 saturated carbocycles. The van der Waals surface area contributed by atoms with Gasteiger partial charge in [0.05, 0.1) is 19.1 Å². The van der Waals surface area contributed by atoms with Crippen LogP contribution < -0.4 is 10.1 Å². The molecule has 0 spiro atoms. The lowest BCUT2D eigenvalue weighted by atomic mass is 10.00. The van der Waals surface area contributed by atoms with Crippen molar-refractivity contribution < 1.29 is 32.2 Å². The van der Waals surface area contributed by atoms with Gasteiger partial charge in [-0.1, -0.05) is 75.4 Å². The number of unbranched alkanes of at least 4 members (excludes halogenated alkanes) is 5. The Morgan fingerprint density at radius 2 is 1.39 bits per heavy atom. The molecule has 1 atom stereocenters. The molecule has 3 aromatic rings. The zero-order chi connectivity index (χ0) is 29.7. The SMILES string of the molecule is CCCCCCCCC(Oc1ccc(-c2ccc(C(F)(F)F)cc2)cc1)c1ccc(C(=O)NCCC(=O)OC)cc1. The van der Waals surface area contributed by atoms with E-state index in [1.807, 2.05) is 36.4 Å². The summed E-state index contributed by atoms with van der Waals surface area (Å²) in [7, 11) is 1.31. The smallest absolute Gasteiger partial charge is 0.416 e. The van der Waals surface area contributed by atoms with Crippen molar-refractivity contribution in [2.45, 2.75) is 70.6 Å². The molecule has 3 rings (SSSR count). The van der Waals surface area contributed by atoms with E-state index in [2.05, 4.69) is 17.0 Å². The number of halogens is 3. The van der Waals surface area contributed by atoms with E-state index in [0.717, 1.165) is 42.5 Å². The van der Waals surface area contributed by atoms with Gasteiger partial charge >= 0.3 is 12.1 Å². The number of carbonyl (C=O) groups is 2. The van der Waals surface area contributed by atoms with Crippen LogP contribution in [0.25, 0.3) is 11.1 Å². The second kappa shape index (κ2) is 15.8. The Morgan fingerprint density at radius 1 is 0.805 bits per heavy atom. The molecule has 41 heavy (non-hydrogen) atoms. The zero-order valence-corrected chi connectivity index (χ0v) is 23.6. The van der Waals surface area contributed by atoms with Crippen LogP contribution in [0.4, 0.5) is 13.2 Å². The van der Waals surface area contributed by atoms with Crippen LogP contribution in [0.3, 0.4) is 0 Å². The zero-order valence-electron chi connectivity index (χ0n) is 23.6. The lowest BCUT2D eigenvalue weighted by Gasteiger charge is -2.20. The first-order valence-corrected chi connectivity index (χ1v) is 14.1. The fourth-order valence-electron chi connectivity index (χ4n) is 4.48. The molecular formula is C33H38F3NO4. The van der Waals surface area contributed by atoms with Gasteiger partial charge in [0.1, 0.15) is 11.9 Å². The second-order valence-corrected chi connectivity index (χ2v) is 9.97.